The molecule has 36 heavy (non-hydrogen) atoms. The molecule has 1 saturated carbocycles. The van der Waals surface area contributed by atoms with E-state index in [4.69, 9.17) is 9.84 Å². The Labute approximate surface area is 206 Å². The number of morpholine rings is 1. The van der Waals surface area contributed by atoms with Crippen LogP contribution in [0.25, 0.3) is 10.9 Å². The minimum Gasteiger partial charge on any atom is -0.374 e. The Bertz CT molecular complexity index is 1300. The first kappa shape index (κ1) is 23.3. The van der Waals surface area contributed by atoms with Crippen molar-refractivity contribution < 1.29 is 22.7 Å². The number of benzene rings is 1. The van der Waals surface area contributed by atoms with E-state index in [1.807, 2.05) is 23.0 Å². The summed E-state index contributed by atoms with van der Waals surface area (Å²) < 4.78 is 47.2. The fourth-order valence-electron chi connectivity index (χ4n) is 5.71. The molecule has 1 N–H and O–H groups in total. The summed E-state index contributed by atoms with van der Waals surface area (Å²) in [6.45, 7) is 3.59. The number of hydrogen-bond donors (Lipinski definition) is 1. The average molecular weight is 500 g/mol. The summed E-state index contributed by atoms with van der Waals surface area (Å²) in [5.41, 5.74) is 0.803. The van der Waals surface area contributed by atoms with Gasteiger partial charge < -0.3 is 15.0 Å². The van der Waals surface area contributed by atoms with Crippen LogP contribution in [0, 0.1) is 5.92 Å². The summed E-state index contributed by atoms with van der Waals surface area (Å²) in [5, 5.41) is 8.60. The van der Waals surface area contributed by atoms with Crippen molar-refractivity contribution in [1.82, 2.24) is 14.8 Å². The molecule has 1 amide bonds. The zero-order valence-corrected chi connectivity index (χ0v) is 20.0. The van der Waals surface area contributed by atoms with Crippen LogP contribution in [0.3, 0.4) is 0 Å². The summed E-state index contributed by atoms with van der Waals surface area (Å²) in [5.74, 6) is 0.0490. The number of anilines is 2. The molecular formula is C26H28F3N5O2. The lowest BCUT2D eigenvalue weighted by atomic mass is 9.87. The van der Waals surface area contributed by atoms with Crippen molar-refractivity contribution in [1.29, 1.82) is 0 Å². The van der Waals surface area contributed by atoms with Crippen LogP contribution in [-0.2, 0) is 10.9 Å². The van der Waals surface area contributed by atoms with Crippen LogP contribution in [-0.4, -0.2) is 46.0 Å². The van der Waals surface area contributed by atoms with Crippen LogP contribution in [0.15, 0.2) is 36.5 Å². The average Bonchev–Trinajstić information content (AvgIpc) is 3.59. The van der Waals surface area contributed by atoms with Crippen molar-refractivity contribution in [2.75, 3.05) is 23.4 Å². The predicted octanol–water partition coefficient (Wildman–Crippen LogP) is 5.43. The highest BCUT2D eigenvalue weighted by Crippen LogP contribution is 2.40. The molecule has 0 unspecified atom stereocenters. The van der Waals surface area contributed by atoms with E-state index in [1.165, 1.54) is 25.0 Å². The van der Waals surface area contributed by atoms with Gasteiger partial charge in [-0.1, -0.05) is 13.0 Å². The van der Waals surface area contributed by atoms with E-state index in [9.17, 15) is 18.0 Å². The topological polar surface area (TPSA) is 72.3 Å². The summed E-state index contributed by atoms with van der Waals surface area (Å²) in [6.07, 6.45) is 2.96. The number of nitrogens with zero attached hydrogens (tertiary/aromatic N) is 4. The molecule has 1 aromatic carbocycles. The summed E-state index contributed by atoms with van der Waals surface area (Å²) in [7, 11) is 0. The molecule has 4 heterocycles. The van der Waals surface area contributed by atoms with E-state index >= 15 is 0 Å². The number of halogens is 3. The maximum atomic E-state index is 13.1. The van der Waals surface area contributed by atoms with Gasteiger partial charge in [0.15, 0.2) is 0 Å². The van der Waals surface area contributed by atoms with Gasteiger partial charge >= 0.3 is 6.18 Å². The number of nitrogens with one attached hydrogen (secondary N) is 1. The van der Waals surface area contributed by atoms with Gasteiger partial charge in [0.05, 0.1) is 41.7 Å². The van der Waals surface area contributed by atoms with Crippen molar-refractivity contribution in [3.8, 4) is 0 Å². The number of hydrogen-bond acceptors (Lipinski definition) is 5. The number of ether oxygens (including phenoxy) is 1. The summed E-state index contributed by atoms with van der Waals surface area (Å²) in [6, 6.07) is 7.73. The van der Waals surface area contributed by atoms with Crippen LogP contribution in [0.4, 0.5) is 24.5 Å². The van der Waals surface area contributed by atoms with Gasteiger partial charge in [-0.05, 0) is 62.3 Å². The van der Waals surface area contributed by atoms with Crippen molar-refractivity contribution >= 4 is 28.2 Å². The molecule has 2 atom stereocenters. The molecule has 3 aliphatic rings. The highest BCUT2D eigenvalue weighted by molar-refractivity contribution is 6.06. The SMILES string of the molecule is CC1CCC(n2cc3cc(NC(=O)c4cccc(C(F)(F)F)n4)c(N4C[C@@H]5C[C@H]4CO5)cc3n2)CC1. The molecule has 190 valence electrons. The van der Waals surface area contributed by atoms with Gasteiger partial charge in [0.1, 0.15) is 11.4 Å². The van der Waals surface area contributed by atoms with E-state index in [2.05, 4.69) is 22.1 Å². The monoisotopic (exact) mass is 499 g/mol. The first-order valence-corrected chi connectivity index (χ1v) is 12.5. The van der Waals surface area contributed by atoms with Crippen molar-refractivity contribution in [3.63, 3.8) is 0 Å². The summed E-state index contributed by atoms with van der Waals surface area (Å²) in [4.78, 5) is 18.8. The van der Waals surface area contributed by atoms with E-state index < -0.39 is 17.8 Å². The Morgan fingerprint density at radius 1 is 1.14 bits per heavy atom. The molecule has 10 heteroatoms. The largest absolute Gasteiger partial charge is 0.433 e. The Hall–Kier alpha value is -3.14. The smallest absolute Gasteiger partial charge is 0.374 e. The van der Waals surface area contributed by atoms with Crippen molar-refractivity contribution in [2.24, 2.45) is 5.92 Å². The predicted molar refractivity (Wildman–Crippen MR) is 129 cm³/mol. The minimum atomic E-state index is -4.62. The van der Waals surface area contributed by atoms with Crippen LogP contribution in [0.1, 0.15) is 61.3 Å². The first-order valence-electron chi connectivity index (χ1n) is 12.5. The third-order valence-electron chi connectivity index (χ3n) is 7.73. The van der Waals surface area contributed by atoms with Crippen molar-refractivity contribution in [2.45, 2.75) is 63.4 Å². The Morgan fingerprint density at radius 3 is 2.64 bits per heavy atom. The third-order valence-corrected chi connectivity index (χ3v) is 7.73. The quantitative estimate of drug-likeness (QED) is 0.518. The van der Waals surface area contributed by atoms with Crippen molar-refractivity contribution in [3.05, 3.63) is 47.9 Å². The molecule has 2 bridgehead atoms. The lowest BCUT2D eigenvalue weighted by Crippen LogP contribution is -2.37. The molecular weight excluding hydrogens is 471 g/mol. The fourth-order valence-corrected chi connectivity index (χ4v) is 5.71. The highest BCUT2D eigenvalue weighted by atomic mass is 19.4. The standard InChI is InChI=1S/C26H28F3N5O2/c1-15-5-7-17(8-6-15)34-12-16-9-22(31-25(35)20-3-2-4-24(30-20)26(27,28)29)23(11-21(16)32-34)33-13-19-10-18(33)14-36-19/h2-4,9,11-12,15,17-19H,5-8,10,13-14H2,1H3,(H,31,35)/t15?,17?,18-,19-/m0/s1. The molecule has 7 nitrogen and oxygen atoms in total. The maximum absolute atomic E-state index is 13.1. The first-order chi connectivity index (χ1) is 17.2. The summed E-state index contributed by atoms with van der Waals surface area (Å²) >= 11 is 0. The number of carbonyl (C=O) groups excluding carboxylic acids is 1. The number of aromatic nitrogens is 3. The highest BCUT2D eigenvalue weighted by Gasteiger charge is 2.40. The molecule has 2 aromatic heterocycles. The van der Waals surface area contributed by atoms with E-state index in [-0.39, 0.29) is 17.8 Å². The van der Waals surface area contributed by atoms with Gasteiger partial charge in [-0.15, -0.1) is 0 Å². The van der Waals surface area contributed by atoms with E-state index in [0.717, 1.165) is 47.8 Å². The minimum absolute atomic E-state index is 0.140. The number of rotatable bonds is 4. The zero-order chi connectivity index (χ0) is 25.0. The van der Waals surface area contributed by atoms with Crippen LogP contribution < -0.4 is 10.2 Å². The molecule has 3 fully saturated rings. The number of amides is 1. The Morgan fingerprint density at radius 2 is 1.94 bits per heavy atom. The molecule has 3 aromatic rings. The molecule has 0 spiro atoms. The van der Waals surface area contributed by atoms with Gasteiger partial charge in [0.25, 0.3) is 5.91 Å². The molecule has 2 aliphatic heterocycles. The maximum Gasteiger partial charge on any atom is 0.433 e. The van der Waals surface area contributed by atoms with Gasteiger partial charge in [-0.2, -0.15) is 18.3 Å². The molecule has 6 rings (SSSR count). The van der Waals surface area contributed by atoms with Crippen LogP contribution >= 0.6 is 0 Å². The van der Waals surface area contributed by atoms with Gasteiger partial charge in [0.2, 0.25) is 0 Å². The number of fused-ring (bicyclic) bond motifs is 3. The zero-order valence-electron chi connectivity index (χ0n) is 20.0. The van der Waals surface area contributed by atoms with Crippen LogP contribution in [0.5, 0.6) is 0 Å². The second kappa shape index (κ2) is 8.76. The molecule has 0 radical (unpaired) electrons. The Balaban J connectivity index is 1.35. The second-order valence-electron chi connectivity index (χ2n) is 10.3. The lowest BCUT2D eigenvalue weighted by molar-refractivity contribution is -0.141. The Kier molecular flexibility index (Phi) is 5.66. The van der Waals surface area contributed by atoms with Gasteiger partial charge in [-0.3, -0.25) is 9.48 Å². The third kappa shape index (κ3) is 4.31. The number of alkyl halides is 3. The number of pyridine rings is 1. The van der Waals surface area contributed by atoms with E-state index in [0.29, 0.717) is 24.9 Å². The van der Waals surface area contributed by atoms with Gasteiger partial charge in [0, 0.05) is 18.1 Å². The lowest BCUT2D eigenvalue weighted by Gasteiger charge is -2.30. The van der Waals surface area contributed by atoms with Crippen LogP contribution in [0.2, 0.25) is 0 Å². The van der Waals surface area contributed by atoms with Gasteiger partial charge in [-0.25, -0.2) is 4.98 Å². The fraction of sp³-hybridized carbons (Fsp3) is 0.500. The molecule has 2 saturated heterocycles. The van der Waals surface area contributed by atoms with E-state index in [1.54, 1.807) is 0 Å². The second-order valence-corrected chi connectivity index (χ2v) is 10.3. The molecule has 1 aliphatic carbocycles. The number of carbonyl (C=O) groups is 1. The normalized spacial score (nSPS) is 26.1.